The molecule has 3 N–H and O–H groups in total. The molecule has 1 aliphatic heterocycles. The molecular formula is C28H26F2N4O4S. The summed E-state index contributed by atoms with van der Waals surface area (Å²) in [5.41, 5.74) is 2.03. The zero-order valence-electron chi connectivity index (χ0n) is 21.1. The number of rotatable bonds is 6. The summed E-state index contributed by atoms with van der Waals surface area (Å²) in [4.78, 5) is 31.2. The fourth-order valence-electron chi connectivity index (χ4n) is 4.71. The van der Waals surface area contributed by atoms with Crippen molar-refractivity contribution in [2.24, 2.45) is 0 Å². The number of anilines is 2. The number of carbonyl (C=O) groups is 2. The van der Waals surface area contributed by atoms with Crippen LogP contribution < -0.4 is 10.0 Å². The number of piperidine rings is 1. The molecule has 39 heavy (non-hydrogen) atoms. The molecule has 11 heteroatoms. The van der Waals surface area contributed by atoms with Gasteiger partial charge >= 0.3 is 0 Å². The van der Waals surface area contributed by atoms with E-state index in [2.05, 4.69) is 15.0 Å². The maximum Gasteiger partial charge on any atom is 0.272 e. The summed E-state index contributed by atoms with van der Waals surface area (Å²) in [5.74, 6) is -2.26. The molecule has 0 radical (unpaired) electrons. The summed E-state index contributed by atoms with van der Waals surface area (Å²) in [6.45, 7) is 1.22. The lowest BCUT2D eigenvalue weighted by Crippen LogP contribution is -2.35. The molecule has 2 amide bonds. The number of likely N-dealkylation sites (tertiary alicyclic amines) is 1. The highest BCUT2D eigenvalue weighted by molar-refractivity contribution is 7.92. The number of halogens is 2. The molecular weight excluding hydrogens is 526 g/mol. The molecule has 2 heterocycles. The highest BCUT2D eigenvalue weighted by Gasteiger charge is 2.21. The zero-order chi connectivity index (χ0) is 27.7. The Hall–Kier alpha value is -4.25. The first-order valence-corrected chi connectivity index (χ1v) is 14.3. The van der Waals surface area contributed by atoms with Crippen LogP contribution in [0.5, 0.6) is 0 Å². The lowest BCUT2D eigenvalue weighted by molar-refractivity contribution is 0.0724. The minimum Gasteiger partial charge on any atom is -0.350 e. The van der Waals surface area contributed by atoms with Crippen LogP contribution >= 0.6 is 0 Å². The first-order chi connectivity index (χ1) is 18.6. The minimum atomic E-state index is -3.47. The van der Waals surface area contributed by atoms with Crippen molar-refractivity contribution in [1.29, 1.82) is 0 Å². The van der Waals surface area contributed by atoms with E-state index in [1.54, 1.807) is 35.2 Å². The van der Waals surface area contributed by atoms with E-state index in [0.717, 1.165) is 37.7 Å². The first-order valence-electron chi connectivity index (χ1n) is 12.4. The Kier molecular flexibility index (Phi) is 7.09. The Bertz CT molecular complexity index is 1700. The number of aromatic amines is 1. The highest BCUT2D eigenvalue weighted by atomic mass is 32.2. The second-order valence-electron chi connectivity index (χ2n) is 9.59. The predicted molar refractivity (Wildman–Crippen MR) is 146 cm³/mol. The van der Waals surface area contributed by atoms with Gasteiger partial charge in [-0.25, -0.2) is 17.2 Å². The number of hydrogen-bond acceptors (Lipinski definition) is 4. The fraction of sp³-hybridized carbons (Fsp3) is 0.214. The number of carbonyl (C=O) groups excluding carboxylic acids is 2. The van der Waals surface area contributed by atoms with Crippen molar-refractivity contribution in [3.8, 4) is 11.1 Å². The number of H-pyrrole nitrogens is 1. The van der Waals surface area contributed by atoms with Crippen LogP contribution in [-0.4, -0.2) is 49.5 Å². The van der Waals surface area contributed by atoms with Gasteiger partial charge in [0.15, 0.2) is 0 Å². The van der Waals surface area contributed by atoms with Crippen LogP contribution in [0.1, 0.15) is 40.1 Å². The average molecular weight is 553 g/mol. The van der Waals surface area contributed by atoms with Crippen LogP contribution in [0.2, 0.25) is 0 Å². The van der Waals surface area contributed by atoms with Gasteiger partial charge in [0.05, 0.1) is 11.9 Å². The molecule has 1 aromatic heterocycles. The van der Waals surface area contributed by atoms with Gasteiger partial charge in [-0.15, -0.1) is 0 Å². The summed E-state index contributed by atoms with van der Waals surface area (Å²) < 4.78 is 53.7. The normalized spacial score (nSPS) is 13.9. The van der Waals surface area contributed by atoms with Crippen molar-refractivity contribution in [1.82, 2.24) is 9.88 Å². The fourth-order valence-corrected chi connectivity index (χ4v) is 5.26. The second kappa shape index (κ2) is 10.5. The van der Waals surface area contributed by atoms with E-state index in [-0.39, 0.29) is 28.4 Å². The van der Waals surface area contributed by atoms with Gasteiger partial charge in [-0.3, -0.25) is 14.3 Å². The Morgan fingerprint density at radius 3 is 2.38 bits per heavy atom. The summed E-state index contributed by atoms with van der Waals surface area (Å²) in [6.07, 6.45) is 3.87. The monoisotopic (exact) mass is 552 g/mol. The van der Waals surface area contributed by atoms with E-state index in [0.29, 0.717) is 35.2 Å². The Morgan fingerprint density at radius 1 is 0.897 bits per heavy atom. The van der Waals surface area contributed by atoms with Crippen LogP contribution in [-0.2, 0) is 10.0 Å². The van der Waals surface area contributed by atoms with E-state index in [4.69, 9.17) is 0 Å². The summed E-state index contributed by atoms with van der Waals surface area (Å²) in [6, 6.07) is 14.2. The van der Waals surface area contributed by atoms with Crippen LogP contribution in [0.4, 0.5) is 20.2 Å². The molecule has 4 aromatic rings. The summed E-state index contributed by atoms with van der Waals surface area (Å²) >= 11 is 0. The molecule has 5 rings (SSSR count). The third-order valence-corrected chi connectivity index (χ3v) is 7.10. The van der Waals surface area contributed by atoms with Crippen molar-refractivity contribution >= 4 is 44.1 Å². The van der Waals surface area contributed by atoms with E-state index < -0.39 is 27.6 Å². The van der Waals surface area contributed by atoms with Gasteiger partial charge in [0.2, 0.25) is 10.0 Å². The van der Waals surface area contributed by atoms with Gasteiger partial charge in [0, 0.05) is 46.9 Å². The molecule has 0 spiro atoms. The van der Waals surface area contributed by atoms with Gasteiger partial charge < -0.3 is 15.2 Å². The number of aromatic nitrogens is 1. The number of hydrogen-bond donors (Lipinski definition) is 3. The Morgan fingerprint density at radius 2 is 1.67 bits per heavy atom. The molecule has 0 aliphatic carbocycles. The smallest absolute Gasteiger partial charge is 0.272 e. The average Bonchev–Trinajstić information content (AvgIpc) is 3.31. The van der Waals surface area contributed by atoms with Crippen molar-refractivity contribution < 1.29 is 26.8 Å². The van der Waals surface area contributed by atoms with Crippen molar-refractivity contribution in [3.05, 3.63) is 83.6 Å². The standard InChI is InChI=1S/C28H26F2N4O4S/c1-39(37,38)33-21-7-5-17-14-26(32-25(17)16-21)27(35)31-22-12-18(23-8-6-20(29)15-24(23)30)11-19(13-22)28(36)34-9-3-2-4-10-34/h5-8,11-16,32-33H,2-4,9-10H2,1H3,(H,31,35). The van der Waals surface area contributed by atoms with Crippen molar-refractivity contribution in [2.45, 2.75) is 19.3 Å². The topological polar surface area (TPSA) is 111 Å². The maximum atomic E-state index is 14.7. The lowest BCUT2D eigenvalue weighted by Gasteiger charge is -2.27. The summed E-state index contributed by atoms with van der Waals surface area (Å²) in [7, 11) is -3.47. The van der Waals surface area contributed by atoms with E-state index in [1.165, 1.54) is 18.2 Å². The predicted octanol–water partition coefficient (Wildman–Crippen LogP) is 5.36. The molecule has 1 saturated heterocycles. The highest BCUT2D eigenvalue weighted by Crippen LogP contribution is 2.29. The SMILES string of the molecule is CS(=O)(=O)Nc1ccc2cc(C(=O)Nc3cc(C(=O)N4CCCCC4)cc(-c4ccc(F)cc4F)c3)[nH]c2c1. The van der Waals surface area contributed by atoms with Gasteiger partial charge in [0.25, 0.3) is 11.8 Å². The lowest BCUT2D eigenvalue weighted by atomic mass is 10.00. The molecule has 202 valence electrons. The van der Waals surface area contributed by atoms with E-state index in [1.807, 2.05) is 0 Å². The molecule has 0 bridgehead atoms. The van der Waals surface area contributed by atoms with Crippen LogP contribution in [0.15, 0.2) is 60.7 Å². The van der Waals surface area contributed by atoms with Gasteiger partial charge in [-0.2, -0.15) is 0 Å². The molecule has 8 nitrogen and oxygen atoms in total. The minimum absolute atomic E-state index is 0.0942. The largest absolute Gasteiger partial charge is 0.350 e. The molecule has 0 unspecified atom stereocenters. The van der Waals surface area contributed by atoms with E-state index >= 15 is 0 Å². The zero-order valence-corrected chi connectivity index (χ0v) is 21.9. The molecule has 0 saturated carbocycles. The number of nitrogens with zero attached hydrogens (tertiary/aromatic N) is 1. The van der Waals surface area contributed by atoms with Crippen molar-refractivity contribution in [3.63, 3.8) is 0 Å². The third-order valence-electron chi connectivity index (χ3n) is 6.49. The van der Waals surface area contributed by atoms with Crippen molar-refractivity contribution in [2.75, 3.05) is 29.4 Å². The number of benzene rings is 3. The van der Waals surface area contributed by atoms with Crippen LogP contribution in [0, 0.1) is 11.6 Å². The van der Waals surface area contributed by atoms with E-state index in [9.17, 15) is 26.8 Å². The van der Waals surface area contributed by atoms with Crippen LogP contribution in [0.3, 0.4) is 0 Å². The quantitative estimate of drug-likeness (QED) is 0.299. The van der Waals surface area contributed by atoms with Crippen LogP contribution in [0.25, 0.3) is 22.0 Å². The number of amides is 2. The number of sulfonamides is 1. The number of nitrogens with one attached hydrogen (secondary N) is 3. The molecule has 1 aliphatic rings. The third kappa shape index (κ3) is 6.09. The first kappa shape index (κ1) is 26.4. The van der Waals surface area contributed by atoms with Gasteiger partial charge in [-0.1, -0.05) is 6.07 Å². The van der Waals surface area contributed by atoms with Gasteiger partial charge in [0.1, 0.15) is 17.3 Å². The van der Waals surface area contributed by atoms with Gasteiger partial charge in [-0.05, 0) is 73.4 Å². The molecule has 0 atom stereocenters. The number of fused-ring (bicyclic) bond motifs is 1. The Labute approximate surface area is 224 Å². The maximum absolute atomic E-state index is 14.7. The molecule has 1 fully saturated rings. The Balaban J connectivity index is 1.48. The second-order valence-corrected chi connectivity index (χ2v) is 11.3. The summed E-state index contributed by atoms with van der Waals surface area (Å²) in [5, 5.41) is 3.44. The molecule has 3 aromatic carbocycles.